The minimum absolute atomic E-state index is 0.178. The zero-order chi connectivity index (χ0) is 14.4. The molecule has 1 heterocycles. The molecule has 0 unspecified atom stereocenters. The quantitative estimate of drug-likeness (QED) is 0.598. The highest BCUT2D eigenvalue weighted by atomic mass is 16.6. The first kappa shape index (κ1) is 14.1. The molecular weight excluding hydrogens is 254 g/mol. The van der Waals surface area contributed by atoms with Crippen molar-refractivity contribution in [3.8, 4) is 0 Å². The summed E-state index contributed by atoms with van der Waals surface area (Å²) in [6.45, 7) is 1.37. The molecule has 0 saturated heterocycles. The molecule has 20 heavy (non-hydrogen) atoms. The van der Waals surface area contributed by atoms with Crippen molar-refractivity contribution in [3.63, 3.8) is 0 Å². The van der Waals surface area contributed by atoms with Crippen LogP contribution >= 0.6 is 0 Å². The predicted octanol–water partition coefficient (Wildman–Crippen LogP) is 2.66. The maximum Gasteiger partial charge on any atom is 0.273 e. The molecule has 5 nitrogen and oxygen atoms in total. The lowest BCUT2D eigenvalue weighted by molar-refractivity contribution is -0.385. The second-order valence-electron chi connectivity index (χ2n) is 4.69. The van der Waals surface area contributed by atoms with Crippen LogP contribution in [0.3, 0.4) is 0 Å². The van der Waals surface area contributed by atoms with Crippen LogP contribution < -0.4 is 0 Å². The number of hydrogen-bond donors (Lipinski definition) is 0. The number of aromatic nitrogens is 1. The zero-order valence-electron chi connectivity index (χ0n) is 11.4. The van der Waals surface area contributed by atoms with Gasteiger partial charge in [0.15, 0.2) is 0 Å². The number of likely N-dealkylation sites (N-methyl/N-ethyl adjacent to an activating group) is 1. The van der Waals surface area contributed by atoms with E-state index in [0.29, 0.717) is 6.54 Å². The third-order valence-electron chi connectivity index (χ3n) is 3.10. The summed E-state index contributed by atoms with van der Waals surface area (Å²) in [5.41, 5.74) is 1.94. The molecule has 0 aliphatic heterocycles. The van der Waals surface area contributed by atoms with Crippen molar-refractivity contribution in [2.75, 3.05) is 13.6 Å². The van der Waals surface area contributed by atoms with Crippen LogP contribution in [0.2, 0.25) is 0 Å². The van der Waals surface area contributed by atoms with Crippen LogP contribution in [-0.4, -0.2) is 28.4 Å². The first-order valence-electron chi connectivity index (χ1n) is 6.47. The Balaban J connectivity index is 1.95. The molecule has 0 fully saturated rings. The number of nitrogens with zero attached hydrogens (tertiary/aromatic N) is 3. The van der Waals surface area contributed by atoms with Crippen molar-refractivity contribution in [2.45, 2.75) is 13.0 Å². The molecule has 0 aliphatic carbocycles. The van der Waals surface area contributed by atoms with E-state index >= 15 is 0 Å². The van der Waals surface area contributed by atoms with Gasteiger partial charge >= 0.3 is 0 Å². The summed E-state index contributed by atoms with van der Waals surface area (Å²) in [6.07, 6.45) is 2.61. The molecule has 0 atom stereocenters. The average molecular weight is 271 g/mol. The smallest absolute Gasteiger partial charge is 0.273 e. The number of rotatable bonds is 6. The van der Waals surface area contributed by atoms with Gasteiger partial charge in [-0.25, -0.2) is 0 Å². The summed E-state index contributed by atoms with van der Waals surface area (Å²) in [6, 6.07) is 12.7. The Labute approximate surface area is 118 Å². The summed E-state index contributed by atoms with van der Waals surface area (Å²) >= 11 is 0. The zero-order valence-corrected chi connectivity index (χ0v) is 11.4. The summed E-state index contributed by atoms with van der Waals surface area (Å²) < 4.78 is 0. The van der Waals surface area contributed by atoms with Gasteiger partial charge in [-0.1, -0.05) is 24.3 Å². The first-order valence-corrected chi connectivity index (χ1v) is 6.47. The van der Waals surface area contributed by atoms with Crippen molar-refractivity contribution in [1.82, 2.24) is 9.88 Å². The summed E-state index contributed by atoms with van der Waals surface area (Å²) in [5.74, 6) is 0. The number of nitro groups is 1. The maximum absolute atomic E-state index is 11.0. The van der Waals surface area contributed by atoms with Gasteiger partial charge in [-0.15, -0.1) is 0 Å². The van der Waals surface area contributed by atoms with Crippen LogP contribution in [0, 0.1) is 10.1 Å². The summed E-state index contributed by atoms with van der Waals surface area (Å²) in [4.78, 5) is 17.0. The molecule has 0 saturated carbocycles. The summed E-state index contributed by atoms with van der Waals surface area (Å²) in [7, 11) is 1.96. The molecule has 2 aromatic rings. The van der Waals surface area contributed by atoms with E-state index < -0.39 is 0 Å². The van der Waals surface area contributed by atoms with Crippen LogP contribution in [0.1, 0.15) is 11.3 Å². The molecule has 0 spiro atoms. The van der Waals surface area contributed by atoms with Crippen LogP contribution in [0.5, 0.6) is 0 Å². The first-order chi connectivity index (χ1) is 9.66. The SMILES string of the molecule is CN(CCc1ccccn1)Cc1ccccc1[N+](=O)[O-]. The van der Waals surface area contributed by atoms with E-state index in [2.05, 4.69) is 9.88 Å². The monoisotopic (exact) mass is 271 g/mol. The number of para-hydroxylation sites is 1. The van der Waals surface area contributed by atoms with E-state index in [-0.39, 0.29) is 10.6 Å². The Hall–Kier alpha value is -2.27. The fourth-order valence-electron chi connectivity index (χ4n) is 2.04. The van der Waals surface area contributed by atoms with Crippen molar-refractivity contribution >= 4 is 5.69 Å². The predicted molar refractivity (Wildman–Crippen MR) is 77.4 cm³/mol. The van der Waals surface area contributed by atoms with E-state index in [0.717, 1.165) is 24.2 Å². The van der Waals surface area contributed by atoms with Gasteiger partial charge in [0.1, 0.15) is 0 Å². The highest BCUT2D eigenvalue weighted by Gasteiger charge is 2.13. The van der Waals surface area contributed by atoms with Crippen molar-refractivity contribution in [1.29, 1.82) is 0 Å². The molecule has 0 N–H and O–H groups in total. The third-order valence-corrected chi connectivity index (χ3v) is 3.10. The Kier molecular flexibility index (Phi) is 4.79. The van der Waals surface area contributed by atoms with Gasteiger partial charge in [0, 0.05) is 43.0 Å². The second kappa shape index (κ2) is 6.77. The molecule has 1 aromatic heterocycles. The Morgan fingerprint density at radius 1 is 1.20 bits per heavy atom. The molecule has 104 valence electrons. The molecule has 0 amide bonds. The lowest BCUT2D eigenvalue weighted by atomic mass is 10.1. The number of hydrogen-bond acceptors (Lipinski definition) is 4. The van der Waals surface area contributed by atoms with Crippen LogP contribution in [0.4, 0.5) is 5.69 Å². The highest BCUT2D eigenvalue weighted by Crippen LogP contribution is 2.18. The van der Waals surface area contributed by atoms with Crippen LogP contribution in [-0.2, 0) is 13.0 Å². The standard InChI is InChI=1S/C15H17N3O2/c1-17(11-9-14-7-4-5-10-16-14)12-13-6-2-3-8-15(13)18(19)20/h2-8,10H,9,11-12H2,1H3. The fraction of sp³-hybridized carbons (Fsp3) is 0.267. The lowest BCUT2D eigenvalue weighted by Crippen LogP contribution is -2.21. The third kappa shape index (κ3) is 3.86. The molecule has 2 rings (SSSR count). The van der Waals surface area contributed by atoms with Gasteiger partial charge in [0.05, 0.1) is 4.92 Å². The van der Waals surface area contributed by atoms with Crippen LogP contribution in [0.25, 0.3) is 0 Å². The van der Waals surface area contributed by atoms with Gasteiger partial charge in [-0.3, -0.25) is 15.1 Å². The Morgan fingerprint density at radius 3 is 2.65 bits per heavy atom. The van der Waals surface area contributed by atoms with Crippen molar-refractivity contribution in [2.24, 2.45) is 0 Å². The van der Waals surface area contributed by atoms with Crippen molar-refractivity contribution in [3.05, 3.63) is 70.0 Å². The van der Waals surface area contributed by atoms with E-state index in [9.17, 15) is 10.1 Å². The van der Waals surface area contributed by atoms with Gasteiger partial charge in [0.2, 0.25) is 0 Å². The molecule has 0 aliphatic rings. The topological polar surface area (TPSA) is 59.3 Å². The maximum atomic E-state index is 11.0. The van der Waals surface area contributed by atoms with Crippen LogP contribution in [0.15, 0.2) is 48.7 Å². The highest BCUT2D eigenvalue weighted by molar-refractivity contribution is 5.39. The molecular formula is C15H17N3O2. The number of nitro benzene ring substituents is 1. The molecule has 0 bridgehead atoms. The molecule has 0 radical (unpaired) electrons. The largest absolute Gasteiger partial charge is 0.301 e. The van der Waals surface area contributed by atoms with E-state index in [1.807, 2.05) is 31.3 Å². The van der Waals surface area contributed by atoms with E-state index in [1.165, 1.54) is 0 Å². The van der Waals surface area contributed by atoms with E-state index in [1.54, 1.807) is 24.4 Å². The lowest BCUT2D eigenvalue weighted by Gasteiger charge is -2.16. The van der Waals surface area contributed by atoms with Crippen molar-refractivity contribution < 1.29 is 4.92 Å². The van der Waals surface area contributed by atoms with Gasteiger partial charge < -0.3 is 4.90 Å². The Morgan fingerprint density at radius 2 is 1.95 bits per heavy atom. The van der Waals surface area contributed by atoms with Gasteiger partial charge in [0.25, 0.3) is 5.69 Å². The number of benzene rings is 1. The van der Waals surface area contributed by atoms with Gasteiger partial charge in [-0.2, -0.15) is 0 Å². The normalized spacial score (nSPS) is 10.7. The van der Waals surface area contributed by atoms with E-state index in [4.69, 9.17) is 0 Å². The minimum Gasteiger partial charge on any atom is -0.301 e. The Bertz CT molecular complexity index is 572. The average Bonchev–Trinajstić information content (AvgIpc) is 2.46. The van der Waals surface area contributed by atoms with Gasteiger partial charge in [-0.05, 0) is 19.2 Å². The fourth-order valence-corrected chi connectivity index (χ4v) is 2.04. The molecule has 5 heteroatoms. The minimum atomic E-state index is -0.331. The second-order valence-corrected chi connectivity index (χ2v) is 4.69. The number of pyridine rings is 1. The summed E-state index contributed by atoms with van der Waals surface area (Å²) in [5, 5.41) is 11.0. The molecule has 1 aromatic carbocycles.